The van der Waals surface area contributed by atoms with Crippen molar-refractivity contribution in [1.29, 1.82) is 15.8 Å². The number of thiol groups is 3. The molecule has 28 heavy (non-hydrogen) atoms. The van der Waals surface area contributed by atoms with Crippen LogP contribution in [0.5, 0.6) is 5.75 Å². The molecule has 0 aliphatic heterocycles. The van der Waals surface area contributed by atoms with E-state index in [1.54, 1.807) is 7.11 Å². The van der Waals surface area contributed by atoms with Gasteiger partial charge in [0, 0.05) is 46.1 Å². The predicted molar refractivity (Wildman–Crippen MR) is 122 cm³/mol. The van der Waals surface area contributed by atoms with Crippen LogP contribution in [0.1, 0.15) is 82.1 Å². The lowest BCUT2D eigenvalue weighted by atomic mass is 9.85. The number of benzene rings is 1. The van der Waals surface area contributed by atoms with Gasteiger partial charge in [0.15, 0.2) is 0 Å². The zero-order valence-electron chi connectivity index (χ0n) is 16.6. The molecule has 1 aromatic carbocycles. The van der Waals surface area contributed by atoms with Crippen molar-refractivity contribution in [2.75, 3.05) is 7.11 Å². The van der Waals surface area contributed by atoms with Gasteiger partial charge in [0.05, 0.1) is 25.3 Å². The summed E-state index contributed by atoms with van der Waals surface area (Å²) in [5.41, 5.74) is 5.04. The summed E-state index contributed by atoms with van der Waals surface area (Å²) in [5.74, 6) is 0.732. The van der Waals surface area contributed by atoms with Gasteiger partial charge in [-0.3, -0.25) is 0 Å². The summed E-state index contributed by atoms with van der Waals surface area (Å²) in [4.78, 5) is 0. The Bertz CT molecular complexity index is 754. The van der Waals surface area contributed by atoms with E-state index in [2.05, 4.69) is 18.2 Å². The first-order chi connectivity index (χ1) is 13.3. The molecule has 0 aliphatic carbocycles. The monoisotopic (exact) mass is 433 g/mol. The summed E-state index contributed by atoms with van der Waals surface area (Å²) in [6.07, 6.45) is 3.05. The highest BCUT2D eigenvalue weighted by Gasteiger charge is 2.28. The molecule has 0 radical (unpaired) electrons. The van der Waals surface area contributed by atoms with Crippen molar-refractivity contribution in [2.24, 2.45) is 0 Å². The van der Waals surface area contributed by atoms with Crippen LogP contribution in [0.4, 0.5) is 0 Å². The van der Waals surface area contributed by atoms with Crippen LogP contribution in [-0.2, 0) is 0 Å². The molecule has 0 saturated heterocycles. The van der Waals surface area contributed by atoms with Gasteiger partial charge in [0.2, 0.25) is 0 Å². The lowest BCUT2D eigenvalue weighted by Gasteiger charge is -2.29. The van der Waals surface area contributed by atoms with Gasteiger partial charge in [0.25, 0.3) is 0 Å². The molecule has 0 heterocycles. The van der Waals surface area contributed by atoms with Gasteiger partial charge >= 0.3 is 0 Å². The average molecular weight is 434 g/mol. The number of hydrogen-bond acceptors (Lipinski definition) is 7. The van der Waals surface area contributed by atoms with E-state index in [4.69, 9.17) is 58.4 Å². The maximum atomic E-state index is 8.98. The Morgan fingerprint density at radius 3 is 1.32 bits per heavy atom. The fraction of sp³-hybridized carbons (Fsp3) is 0.571. The molecule has 0 spiro atoms. The Balaban J connectivity index is 3.71. The summed E-state index contributed by atoms with van der Waals surface area (Å²) in [6, 6.07) is 6.54. The van der Waals surface area contributed by atoms with Crippen molar-refractivity contribution in [2.45, 2.75) is 68.1 Å². The molecule has 0 aromatic heterocycles. The van der Waals surface area contributed by atoms with E-state index in [0.29, 0.717) is 38.5 Å². The fourth-order valence-electron chi connectivity index (χ4n) is 3.62. The van der Waals surface area contributed by atoms with E-state index >= 15 is 0 Å². The van der Waals surface area contributed by atoms with Gasteiger partial charge in [0.1, 0.15) is 5.75 Å². The lowest BCUT2D eigenvalue weighted by Crippen LogP contribution is -2.12. The topological polar surface area (TPSA) is 80.6 Å². The van der Waals surface area contributed by atoms with E-state index in [0.717, 1.165) is 33.6 Å². The molecule has 7 heteroatoms. The maximum absolute atomic E-state index is 8.98. The summed E-state index contributed by atoms with van der Waals surface area (Å²) >= 11 is 14.3. The van der Waals surface area contributed by atoms with Gasteiger partial charge in [-0.2, -0.15) is 53.7 Å². The zero-order chi connectivity index (χ0) is 21.3. The molecule has 0 N–H and O–H groups in total. The molecule has 1 aromatic rings. The molecular formula is C21H27N3OS3. The van der Waals surface area contributed by atoms with E-state index in [1.165, 1.54) is 0 Å². The number of rotatable bonds is 10. The van der Waals surface area contributed by atoms with Crippen molar-refractivity contribution in [1.82, 2.24) is 0 Å². The number of ether oxygens (including phenoxy) is 1. The first-order valence-corrected chi connectivity index (χ1v) is 10.8. The molecule has 0 fully saturated rings. The second kappa shape index (κ2) is 12.2. The zero-order valence-corrected chi connectivity index (χ0v) is 19.2. The molecule has 0 saturated carbocycles. The van der Waals surface area contributed by atoms with Crippen LogP contribution in [0, 0.1) is 47.8 Å². The normalized spacial score (nSPS) is 13.7. The van der Waals surface area contributed by atoms with E-state index in [1.807, 2.05) is 13.8 Å². The second-order valence-electron chi connectivity index (χ2n) is 6.66. The molecule has 1 rings (SSSR count). The SMILES string of the molecule is COc1c(C(S)CCC#N)c(C)c(C(S)CCC#N)c(C)c1C(S)CCC#N. The minimum Gasteiger partial charge on any atom is -0.496 e. The minimum atomic E-state index is -0.166. The van der Waals surface area contributed by atoms with Gasteiger partial charge in [-0.1, -0.05) is 0 Å². The van der Waals surface area contributed by atoms with Gasteiger partial charge in [-0.25, -0.2) is 0 Å². The molecule has 0 bridgehead atoms. The maximum Gasteiger partial charge on any atom is 0.128 e. The van der Waals surface area contributed by atoms with Crippen LogP contribution in [0.3, 0.4) is 0 Å². The molecule has 0 amide bonds. The third-order valence-electron chi connectivity index (χ3n) is 4.90. The van der Waals surface area contributed by atoms with Crippen LogP contribution in [0.2, 0.25) is 0 Å². The Kier molecular flexibility index (Phi) is 10.7. The Morgan fingerprint density at radius 1 is 0.714 bits per heavy atom. The van der Waals surface area contributed by atoms with Gasteiger partial charge < -0.3 is 4.74 Å². The number of methoxy groups -OCH3 is 1. The van der Waals surface area contributed by atoms with E-state index in [9.17, 15) is 0 Å². The van der Waals surface area contributed by atoms with Gasteiger partial charge in [-0.15, -0.1) is 0 Å². The summed E-state index contributed by atoms with van der Waals surface area (Å²) in [5, 5.41) is 26.5. The average Bonchev–Trinajstić information content (AvgIpc) is 2.67. The van der Waals surface area contributed by atoms with Crippen LogP contribution < -0.4 is 4.74 Å². The Labute approximate surface area is 185 Å². The number of nitriles is 3. The van der Waals surface area contributed by atoms with E-state index in [-0.39, 0.29) is 15.7 Å². The quantitative estimate of drug-likeness (QED) is 0.387. The predicted octanol–water partition coefficient (Wildman–Crippen LogP) is 6.14. The van der Waals surface area contributed by atoms with Crippen molar-refractivity contribution >= 4 is 37.9 Å². The van der Waals surface area contributed by atoms with Crippen LogP contribution >= 0.6 is 37.9 Å². The molecule has 3 atom stereocenters. The highest BCUT2D eigenvalue weighted by molar-refractivity contribution is 7.81. The Hall–Kier alpha value is -1.46. The first-order valence-electron chi connectivity index (χ1n) is 9.21. The largest absolute Gasteiger partial charge is 0.496 e. The van der Waals surface area contributed by atoms with E-state index < -0.39 is 0 Å². The summed E-state index contributed by atoms with van der Waals surface area (Å²) < 4.78 is 5.82. The molecular weight excluding hydrogens is 406 g/mol. The third kappa shape index (κ3) is 5.77. The van der Waals surface area contributed by atoms with Crippen molar-refractivity contribution in [3.8, 4) is 24.0 Å². The smallest absolute Gasteiger partial charge is 0.128 e. The van der Waals surface area contributed by atoms with Crippen LogP contribution in [0.25, 0.3) is 0 Å². The Morgan fingerprint density at radius 2 is 1.04 bits per heavy atom. The number of nitrogens with zero attached hydrogens (tertiary/aromatic N) is 3. The van der Waals surface area contributed by atoms with Crippen molar-refractivity contribution in [3.63, 3.8) is 0 Å². The first kappa shape index (κ1) is 24.6. The molecule has 3 unspecified atom stereocenters. The fourth-order valence-corrected chi connectivity index (χ4v) is 5.01. The summed E-state index contributed by atoms with van der Waals surface area (Å²) in [7, 11) is 1.63. The molecule has 0 aliphatic rings. The molecule has 150 valence electrons. The van der Waals surface area contributed by atoms with Crippen molar-refractivity contribution < 1.29 is 4.74 Å². The second-order valence-corrected chi connectivity index (χ2v) is 8.53. The third-order valence-corrected chi connectivity index (χ3v) is 6.45. The van der Waals surface area contributed by atoms with Crippen LogP contribution in [0.15, 0.2) is 0 Å². The highest BCUT2D eigenvalue weighted by atomic mass is 32.1. The molecule has 4 nitrogen and oxygen atoms in total. The standard InChI is InChI=1S/C21H27N3OS3/c1-13-18(15(26)7-4-10-22)14(2)20(17(28)9-6-12-24)21(25-3)19(13)16(27)8-5-11-23/h15-17,26-28H,4-9H2,1-3H3. The van der Waals surface area contributed by atoms with Crippen molar-refractivity contribution in [3.05, 3.63) is 27.8 Å². The van der Waals surface area contributed by atoms with Crippen LogP contribution in [-0.4, -0.2) is 7.11 Å². The number of hydrogen-bond donors (Lipinski definition) is 3. The highest BCUT2D eigenvalue weighted by Crippen LogP contribution is 2.48. The minimum absolute atomic E-state index is 0.101. The summed E-state index contributed by atoms with van der Waals surface area (Å²) in [6.45, 7) is 4.05. The van der Waals surface area contributed by atoms with Gasteiger partial charge in [-0.05, 0) is 49.8 Å². The lowest BCUT2D eigenvalue weighted by molar-refractivity contribution is 0.401.